The van der Waals surface area contributed by atoms with Crippen molar-refractivity contribution in [3.8, 4) is 11.1 Å². The fourth-order valence-electron chi connectivity index (χ4n) is 3.92. The second-order valence-corrected chi connectivity index (χ2v) is 6.56. The van der Waals surface area contributed by atoms with E-state index in [-0.39, 0.29) is 0 Å². The van der Waals surface area contributed by atoms with Crippen molar-refractivity contribution < 1.29 is 0 Å². The van der Waals surface area contributed by atoms with E-state index in [1.165, 1.54) is 38.7 Å². The molecule has 0 fully saturated rings. The molecule has 0 amide bonds. The Hall–Kier alpha value is -3.13. The van der Waals surface area contributed by atoms with Crippen LogP contribution in [0.25, 0.3) is 38.4 Å². The van der Waals surface area contributed by atoms with E-state index in [9.17, 15) is 0 Å². The monoisotopic (exact) mass is 322 g/mol. The summed E-state index contributed by atoms with van der Waals surface area (Å²) in [7, 11) is 0. The number of rotatable bonds is 1. The van der Waals surface area contributed by atoms with Crippen molar-refractivity contribution in [2.24, 2.45) is 0 Å². The summed E-state index contributed by atoms with van der Waals surface area (Å²) < 4.78 is 2.29. The predicted octanol–water partition coefficient (Wildman–Crippen LogP) is 5.92. The van der Waals surface area contributed by atoms with Gasteiger partial charge in [0.15, 0.2) is 0 Å². The summed E-state index contributed by atoms with van der Waals surface area (Å²) in [6.07, 6.45) is 2.15. The minimum Gasteiger partial charge on any atom is -0.320 e. The van der Waals surface area contributed by atoms with Crippen molar-refractivity contribution in [1.82, 2.24) is 9.38 Å². The molecule has 0 radical (unpaired) electrons. The van der Waals surface area contributed by atoms with Crippen molar-refractivity contribution in [3.05, 3.63) is 84.2 Å². The summed E-state index contributed by atoms with van der Waals surface area (Å²) in [4.78, 5) is 4.87. The topological polar surface area (TPSA) is 17.3 Å². The van der Waals surface area contributed by atoms with Crippen molar-refractivity contribution in [3.63, 3.8) is 0 Å². The highest BCUT2D eigenvalue weighted by molar-refractivity contribution is 6.12. The maximum Gasteiger partial charge on any atom is 0.0715 e. The number of aryl methyl sites for hydroxylation is 1. The molecule has 5 rings (SSSR count). The van der Waals surface area contributed by atoms with Gasteiger partial charge in [-0.15, -0.1) is 0 Å². The number of para-hydroxylation sites is 2. The lowest BCUT2D eigenvalue weighted by Gasteiger charge is -2.12. The number of pyridine rings is 2. The first kappa shape index (κ1) is 14.2. The van der Waals surface area contributed by atoms with Crippen LogP contribution in [0.1, 0.15) is 11.3 Å². The van der Waals surface area contributed by atoms with Crippen LogP contribution in [0.5, 0.6) is 0 Å². The molecule has 0 aliphatic carbocycles. The summed E-state index contributed by atoms with van der Waals surface area (Å²) in [5.74, 6) is 0. The van der Waals surface area contributed by atoms with Gasteiger partial charge in [0.05, 0.1) is 16.6 Å². The molecule has 0 bridgehead atoms. The van der Waals surface area contributed by atoms with Gasteiger partial charge in [0.25, 0.3) is 0 Å². The second-order valence-electron chi connectivity index (χ2n) is 6.56. The molecule has 0 unspecified atom stereocenters. The summed E-state index contributed by atoms with van der Waals surface area (Å²) in [5.41, 5.74) is 8.55. The highest BCUT2D eigenvalue weighted by atomic mass is 14.9. The second kappa shape index (κ2) is 5.18. The minimum absolute atomic E-state index is 1.04. The molecule has 3 aromatic heterocycles. The molecule has 0 aliphatic rings. The van der Waals surface area contributed by atoms with Gasteiger partial charge in [-0.2, -0.15) is 0 Å². The molecule has 3 heterocycles. The Morgan fingerprint density at radius 2 is 1.28 bits per heavy atom. The number of nitrogens with zero attached hydrogens (tertiary/aromatic N) is 2. The Labute approximate surface area is 146 Å². The van der Waals surface area contributed by atoms with Crippen molar-refractivity contribution in [1.29, 1.82) is 0 Å². The quantitative estimate of drug-likeness (QED) is 0.350. The van der Waals surface area contributed by atoms with Crippen molar-refractivity contribution >= 4 is 27.3 Å². The van der Waals surface area contributed by atoms with Crippen LogP contribution in [0.2, 0.25) is 0 Å². The first-order valence-electron chi connectivity index (χ1n) is 8.60. The van der Waals surface area contributed by atoms with E-state index in [2.05, 4.69) is 91.2 Å². The van der Waals surface area contributed by atoms with E-state index in [4.69, 9.17) is 4.98 Å². The van der Waals surface area contributed by atoms with Gasteiger partial charge in [-0.3, -0.25) is 0 Å². The van der Waals surface area contributed by atoms with E-state index in [1.54, 1.807) is 0 Å². The van der Waals surface area contributed by atoms with Gasteiger partial charge in [-0.1, -0.05) is 42.5 Å². The average molecular weight is 322 g/mol. The van der Waals surface area contributed by atoms with Gasteiger partial charge < -0.3 is 4.40 Å². The molecule has 0 atom stereocenters. The normalized spacial score (nSPS) is 11.6. The van der Waals surface area contributed by atoms with Crippen molar-refractivity contribution in [2.45, 2.75) is 13.8 Å². The maximum absolute atomic E-state index is 4.87. The summed E-state index contributed by atoms with van der Waals surface area (Å²) in [6, 6.07) is 23.3. The van der Waals surface area contributed by atoms with Crippen LogP contribution >= 0.6 is 0 Å². The largest absolute Gasteiger partial charge is 0.320 e. The highest BCUT2D eigenvalue weighted by Gasteiger charge is 2.18. The molecule has 0 N–H and O–H groups in total. The average Bonchev–Trinajstić information content (AvgIpc) is 2.91. The van der Waals surface area contributed by atoms with Crippen LogP contribution in [0.4, 0.5) is 0 Å². The van der Waals surface area contributed by atoms with Gasteiger partial charge in [-0.05, 0) is 43.7 Å². The zero-order valence-electron chi connectivity index (χ0n) is 14.3. The Kier molecular flexibility index (Phi) is 2.95. The number of benzene rings is 2. The number of hydrogen-bond acceptors (Lipinski definition) is 1. The molecule has 2 aromatic carbocycles. The SMILES string of the molecule is Cc1c(-c2c3ccccc3nc3ccccc23)c2ccccn2c1C. The smallest absolute Gasteiger partial charge is 0.0715 e. The zero-order chi connectivity index (χ0) is 17.0. The number of fused-ring (bicyclic) bond motifs is 3. The highest BCUT2D eigenvalue weighted by Crippen LogP contribution is 2.40. The predicted molar refractivity (Wildman–Crippen MR) is 105 cm³/mol. The van der Waals surface area contributed by atoms with Gasteiger partial charge in [-0.25, -0.2) is 4.98 Å². The summed E-state index contributed by atoms with van der Waals surface area (Å²) >= 11 is 0. The lowest BCUT2D eigenvalue weighted by atomic mass is 9.94. The Morgan fingerprint density at radius 1 is 0.680 bits per heavy atom. The third-order valence-corrected chi connectivity index (χ3v) is 5.23. The molecule has 120 valence electrons. The third kappa shape index (κ3) is 1.94. The van der Waals surface area contributed by atoms with Crippen LogP contribution in [0, 0.1) is 13.8 Å². The van der Waals surface area contributed by atoms with E-state index in [1.807, 2.05) is 0 Å². The Bertz CT molecular complexity index is 1210. The van der Waals surface area contributed by atoms with E-state index >= 15 is 0 Å². The molecule has 2 nitrogen and oxygen atoms in total. The minimum atomic E-state index is 1.04. The van der Waals surface area contributed by atoms with Crippen LogP contribution in [-0.4, -0.2) is 9.38 Å². The molecule has 0 aliphatic heterocycles. The van der Waals surface area contributed by atoms with Crippen molar-refractivity contribution in [2.75, 3.05) is 0 Å². The fraction of sp³-hybridized carbons (Fsp3) is 0.0870. The summed E-state index contributed by atoms with van der Waals surface area (Å²) in [6.45, 7) is 4.42. The first-order chi connectivity index (χ1) is 12.3. The Balaban J connectivity index is 2.07. The molecular weight excluding hydrogens is 304 g/mol. The van der Waals surface area contributed by atoms with Gasteiger partial charge in [0.1, 0.15) is 0 Å². The lowest BCUT2D eigenvalue weighted by Crippen LogP contribution is -1.90. The first-order valence-corrected chi connectivity index (χ1v) is 8.60. The maximum atomic E-state index is 4.87. The van der Waals surface area contributed by atoms with Crippen LogP contribution in [0.3, 0.4) is 0 Å². The number of aromatic nitrogens is 2. The Morgan fingerprint density at radius 3 is 1.96 bits per heavy atom. The standard InChI is InChI=1S/C23H18N2/c1-15-16(2)25-14-8-7-13-21(25)22(15)23-17-9-3-5-11-19(17)24-20-12-6-4-10-18(20)23/h3-14H,1-2H3. The lowest BCUT2D eigenvalue weighted by molar-refractivity contribution is 1.09. The molecule has 0 saturated carbocycles. The molecular formula is C23H18N2. The van der Waals surface area contributed by atoms with Crippen LogP contribution < -0.4 is 0 Å². The molecule has 2 heteroatoms. The van der Waals surface area contributed by atoms with Crippen LogP contribution in [0.15, 0.2) is 72.9 Å². The number of hydrogen-bond donors (Lipinski definition) is 0. The van der Waals surface area contributed by atoms with E-state index in [0.29, 0.717) is 0 Å². The fourth-order valence-corrected chi connectivity index (χ4v) is 3.92. The molecule has 0 spiro atoms. The molecule has 5 aromatic rings. The van der Waals surface area contributed by atoms with Gasteiger partial charge >= 0.3 is 0 Å². The third-order valence-electron chi connectivity index (χ3n) is 5.23. The molecule has 25 heavy (non-hydrogen) atoms. The van der Waals surface area contributed by atoms with E-state index < -0.39 is 0 Å². The van der Waals surface area contributed by atoms with Gasteiger partial charge in [0.2, 0.25) is 0 Å². The molecule has 0 saturated heterocycles. The van der Waals surface area contributed by atoms with E-state index in [0.717, 1.165) is 11.0 Å². The van der Waals surface area contributed by atoms with Crippen LogP contribution in [-0.2, 0) is 0 Å². The van der Waals surface area contributed by atoms with Gasteiger partial charge in [0, 0.05) is 33.8 Å². The summed E-state index contributed by atoms with van der Waals surface area (Å²) in [5, 5.41) is 2.42. The zero-order valence-corrected chi connectivity index (χ0v) is 14.3.